The van der Waals surface area contributed by atoms with Crippen molar-refractivity contribution in [2.24, 2.45) is 0 Å². The van der Waals surface area contributed by atoms with Gasteiger partial charge in [0, 0.05) is 18.5 Å². The van der Waals surface area contributed by atoms with Gasteiger partial charge >= 0.3 is 11.6 Å². The number of nitro groups is 1. The Balaban J connectivity index is 2.05. The summed E-state index contributed by atoms with van der Waals surface area (Å²) in [7, 11) is 0. The Hall–Kier alpha value is -4.24. The second kappa shape index (κ2) is 9.11. The average Bonchev–Trinajstić information content (AvgIpc) is 2.74. The Morgan fingerprint density at radius 2 is 1.72 bits per heavy atom. The van der Waals surface area contributed by atoms with E-state index < -0.39 is 10.6 Å². The quantitative estimate of drug-likeness (QED) is 0.419. The molecule has 3 rings (SSSR count). The van der Waals surface area contributed by atoms with Gasteiger partial charge in [-0.25, -0.2) is 4.98 Å². The minimum atomic E-state index is -0.610. The molecule has 1 aromatic heterocycles. The highest BCUT2D eigenvalue weighted by atomic mass is 16.6. The van der Waals surface area contributed by atoms with Gasteiger partial charge in [-0.1, -0.05) is 36.4 Å². The third-order valence-corrected chi connectivity index (χ3v) is 4.19. The van der Waals surface area contributed by atoms with Gasteiger partial charge in [-0.05, 0) is 11.5 Å². The number of nitrogens with zero attached hydrogens (tertiary/aromatic N) is 6. The van der Waals surface area contributed by atoms with E-state index in [1.54, 1.807) is 12.1 Å². The summed E-state index contributed by atoms with van der Waals surface area (Å²) >= 11 is 0. The molecule has 0 atom stereocenters. The lowest BCUT2D eigenvalue weighted by atomic mass is 10.1. The van der Waals surface area contributed by atoms with Gasteiger partial charge in [-0.3, -0.25) is 10.1 Å². The van der Waals surface area contributed by atoms with E-state index in [1.807, 2.05) is 42.5 Å². The number of nitriles is 2. The molecule has 0 saturated heterocycles. The van der Waals surface area contributed by atoms with Crippen molar-refractivity contribution in [3.8, 4) is 23.8 Å². The highest BCUT2D eigenvalue weighted by Gasteiger charge is 2.29. The molecule has 9 nitrogen and oxygen atoms in total. The summed E-state index contributed by atoms with van der Waals surface area (Å²) in [6, 6.07) is 16.9. The fraction of sp³-hybridized carbons (Fsp3) is 0.200. The first-order valence-corrected chi connectivity index (χ1v) is 8.79. The van der Waals surface area contributed by atoms with E-state index in [0.717, 1.165) is 10.8 Å². The summed E-state index contributed by atoms with van der Waals surface area (Å²) in [5, 5.41) is 31.3. The van der Waals surface area contributed by atoms with Crippen molar-refractivity contribution in [2.75, 3.05) is 18.0 Å². The van der Waals surface area contributed by atoms with Crippen LogP contribution in [0.4, 0.5) is 11.5 Å². The van der Waals surface area contributed by atoms with Crippen LogP contribution in [0.1, 0.15) is 12.8 Å². The molecule has 0 radical (unpaired) electrons. The molecule has 3 aromatic rings. The minimum Gasteiger partial charge on any atom is -0.433 e. The molecule has 0 aliphatic rings. The van der Waals surface area contributed by atoms with Gasteiger partial charge in [0.05, 0.1) is 29.9 Å². The smallest absolute Gasteiger partial charge is 0.373 e. The first-order chi connectivity index (χ1) is 14.2. The van der Waals surface area contributed by atoms with Crippen LogP contribution in [0.2, 0.25) is 0 Å². The minimum absolute atomic E-state index is 0.0192. The number of hydrogen-bond acceptors (Lipinski definition) is 8. The van der Waals surface area contributed by atoms with Crippen molar-refractivity contribution >= 4 is 22.3 Å². The van der Waals surface area contributed by atoms with E-state index in [2.05, 4.69) is 9.97 Å². The SMILES string of the molecule is N#CCCN(CCC#N)c1ncnc(Oc2cccc3ccccc23)c1[N+](=O)[O-]. The van der Waals surface area contributed by atoms with Crippen molar-refractivity contribution < 1.29 is 9.66 Å². The van der Waals surface area contributed by atoms with Gasteiger partial charge < -0.3 is 9.64 Å². The predicted molar refractivity (Wildman–Crippen MR) is 105 cm³/mol. The zero-order chi connectivity index (χ0) is 20.6. The second-order valence-corrected chi connectivity index (χ2v) is 5.99. The molecule has 0 amide bonds. The van der Waals surface area contributed by atoms with Gasteiger partial charge in [-0.15, -0.1) is 0 Å². The van der Waals surface area contributed by atoms with Crippen LogP contribution in [-0.2, 0) is 0 Å². The summed E-state index contributed by atoms with van der Waals surface area (Å²) < 4.78 is 5.83. The average molecular weight is 388 g/mol. The molecule has 1 heterocycles. The fourth-order valence-corrected chi connectivity index (χ4v) is 2.90. The van der Waals surface area contributed by atoms with E-state index in [0.29, 0.717) is 5.75 Å². The van der Waals surface area contributed by atoms with Crippen molar-refractivity contribution in [3.05, 3.63) is 58.9 Å². The first-order valence-electron chi connectivity index (χ1n) is 8.79. The molecule has 9 heteroatoms. The first kappa shape index (κ1) is 19.5. The maximum atomic E-state index is 11.8. The van der Waals surface area contributed by atoms with Crippen LogP contribution in [0.3, 0.4) is 0 Å². The Kier molecular flexibility index (Phi) is 6.13. The van der Waals surface area contributed by atoms with E-state index in [1.165, 1.54) is 11.2 Å². The Labute approximate surface area is 166 Å². The van der Waals surface area contributed by atoms with Crippen LogP contribution in [-0.4, -0.2) is 28.0 Å². The van der Waals surface area contributed by atoms with Crippen LogP contribution >= 0.6 is 0 Å². The molecular weight excluding hydrogens is 372 g/mol. The molecule has 0 aliphatic heterocycles. The number of aromatic nitrogens is 2. The van der Waals surface area contributed by atoms with E-state index in [4.69, 9.17) is 15.3 Å². The van der Waals surface area contributed by atoms with E-state index >= 15 is 0 Å². The van der Waals surface area contributed by atoms with Crippen molar-refractivity contribution in [1.29, 1.82) is 10.5 Å². The fourth-order valence-electron chi connectivity index (χ4n) is 2.90. The molecule has 2 aromatic carbocycles. The van der Waals surface area contributed by atoms with Crippen LogP contribution < -0.4 is 9.64 Å². The molecule has 144 valence electrons. The van der Waals surface area contributed by atoms with Crippen LogP contribution in [0.15, 0.2) is 48.8 Å². The van der Waals surface area contributed by atoms with Crippen molar-refractivity contribution in [2.45, 2.75) is 12.8 Å². The predicted octanol–water partition coefficient (Wildman–Crippen LogP) is 3.96. The molecule has 0 bridgehead atoms. The van der Waals surface area contributed by atoms with E-state index in [9.17, 15) is 10.1 Å². The summed E-state index contributed by atoms with van der Waals surface area (Å²) in [4.78, 5) is 20.8. The molecular formula is C20H16N6O3. The second-order valence-electron chi connectivity index (χ2n) is 5.99. The molecule has 0 N–H and O–H groups in total. The number of benzene rings is 2. The summed E-state index contributed by atoms with van der Waals surface area (Å²) in [6.45, 7) is 0.396. The van der Waals surface area contributed by atoms with E-state index in [-0.39, 0.29) is 37.6 Å². The lowest BCUT2D eigenvalue weighted by Crippen LogP contribution is -2.27. The largest absolute Gasteiger partial charge is 0.433 e. The maximum absolute atomic E-state index is 11.8. The number of ether oxygens (including phenoxy) is 1. The van der Waals surface area contributed by atoms with Crippen LogP contribution in [0, 0.1) is 32.8 Å². The van der Waals surface area contributed by atoms with Gasteiger partial charge in [0.1, 0.15) is 12.1 Å². The number of hydrogen-bond donors (Lipinski definition) is 0. The molecule has 0 aliphatic carbocycles. The third-order valence-electron chi connectivity index (χ3n) is 4.19. The number of anilines is 1. The standard InChI is InChI=1S/C20H16N6O3/c21-10-4-12-25(13-5-11-22)19-18(26(27)28)20(24-14-23-19)29-17-9-3-7-15-6-1-2-8-16(15)17/h1-3,6-9,14H,4-5,12-13H2. The zero-order valence-electron chi connectivity index (χ0n) is 15.4. The Morgan fingerprint density at radius 3 is 2.41 bits per heavy atom. The number of rotatable bonds is 8. The van der Waals surface area contributed by atoms with Crippen molar-refractivity contribution in [1.82, 2.24) is 9.97 Å². The van der Waals surface area contributed by atoms with Gasteiger partial charge in [-0.2, -0.15) is 15.5 Å². The molecule has 0 saturated carbocycles. The summed E-state index contributed by atoms with van der Waals surface area (Å²) in [6.07, 6.45) is 1.44. The summed E-state index contributed by atoms with van der Waals surface area (Å²) in [5.74, 6) is 0.248. The lowest BCUT2D eigenvalue weighted by molar-refractivity contribution is -0.385. The van der Waals surface area contributed by atoms with Gasteiger partial charge in [0.2, 0.25) is 5.82 Å². The van der Waals surface area contributed by atoms with Crippen molar-refractivity contribution in [3.63, 3.8) is 0 Å². The van der Waals surface area contributed by atoms with Gasteiger partial charge in [0.25, 0.3) is 0 Å². The normalized spacial score (nSPS) is 10.1. The molecule has 29 heavy (non-hydrogen) atoms. The Morgan fingerprint density at radius 1 is 1.03 bits per heavy atom. The van der Waals surface area contributed by atoms with Crippen LogP contribution in [0.5, 0.6) is 11.6 Å². The summed E-state index contributed by atoms with van der Waals surface area (Å²) in [5.41, 5.74) is -0.406. The topological polar surface area (TPSA) is 129 Å². The zero-order valence-corrected chi connectivity index (χ0v) is 15.4. The highest BCUT2D eigenvalue weighted by Crippen LogP contribution is 2.38. The molecule has 0 unspecified atom stereocenters. The molecule has 0 fully saturated rings. The monoisotopic (exact) mass is 388 g/mol. The Bertz CT molecular complexity index is 1100. The lowest BCUT2D eigenvalue weighted by Gasteiger charge is -2.21. The third kappa shape index (κ3) is 4.37. The number of fused-ring (bicyclic) bond motifs is 1. The molecule has 0 spiro atoms. The maximum Gasteiger partial charge on any atom is 0.373 e. The van der Waals surface area contributed by atoms with Crippen LogP contribution in [0.25, 0.3) is 10.8 Å². The van der Waals surface area contributed by atoms with Gasteiger partial charge in [0.15, 0.2) is 0 Å². The highest BCUT2D eigenvalue weighted by molar-refractivity contribution is 5.88.